The molecular weight excluding hydrogens is 280 g/mol. The SMILES string of the molecule is O=C(N1CC2(CNC2)C1)N1CCOc2cc(F)c(F)cc21. The van der Waals surface area contributed by atoms with Crippen molar-refractivity contribution in [1.29, 1.82) is 0 Å². The lowest BCUT2D eigenvalue weighted by atomic mass is 9.75. The third kappa shape index (κ3) is 1.87. The molecule has 1 N–H and O–H groups in total. The Bertz CT molecular complexity index is 610. The lowest BCUT2D eigenvalue weighted by Gasteiger charge is -2.56. The maximum atomic E-state index is 13.4. The zero-order valence-electron chi connectivity index (χ0n) is 11.4. The van der Waals surface area contributed by atoms with Crippen molar-refractivity contribution >= 4 is 11.7 Å². The molecule has 0 saturated carbocycles. The molecule has 7 heteroatoms. The highest BCUT2D eigenvalue weighted by Crippen LogP contribution is 2.38. The third-order valence-electron chi connectivity index (χ3n) is 4.42. The Kier molecular flexibility index (Phi) is 2.63. The fraction of sp³-hybridized carbons (Fsp3) is 0.500. The summed E-state index contributed by atoms with van der Waals surface area (Å²) in [7, 11) is 0. The molecule has 4 rings (SSSR count). The van der Waals surface area contributed by atoms with Crippen LogP contribution >= 0.6 is 0 Å². The molecule has 0 unspecified atom stereocenters. The van der Waals surface area contributed by atoms with Crippen molar-refractivity contribution in [2.45, 2.75) is 0 Å². The summed E-state index contributed by atoms with van der Waals surface area (Å²) in [6, 6.07) is 1.86. The molecule has 1 aromatic carbocycles. The van der Waals surface area contributed by atoms with Gasteiger partial charge in [0.25, 0.3) is 0 Å². The van der Waals surface area contributed by atoms with Crippen LogP contribution in [0.25, 0.3) is 0 Å². The fourth-order valence-corrected chi connectivity index (χ4v) is 3.18. The van der Waals surface area contributed by atoms with E-state index >= 15 is 0 Å². The fourth-order valence-electron chi connectivity index (χ4n) is 3.18. The zero-order valence-corrected chi connectivity index (χ0v) is 11.4. The van der Waals surface area contributed by atoms with Gasteiger partial charge in [0.2, 0.25) is 0 Å². The zero-order chi connectivity index (χ0) is 14.6. The number of nitrogens with zero attached hydrogens (tertiary/aromatic N) is 2. The summed E-state index contributed by atoms with van der Waals surface area (Å²) in [6.07, 6.45) is 0. The van der Waals surface area contributed by atoms with Crippen LogP contribution in [0.4, 0.5) is 19.3 Å². The number of urea groups is 1. The van der Waals surface area contributed by atoms with Crippen LogP contribution in [0, 0.1) is 17.0 Å². The second-order valence-electron chi connectivity index (χ2n) is 5.98. The number of rotatable bonds is 0. The maximum absolute atomic E-state index is 13.4. The smallest absolute Gasteiger partial charge is 0.324 e. The topological polar surface area (TPSA) is 44.8 Å². The number of halogens is 2. The first kappa shape index (κ1) is 12.8. The monoisotopic (exact) mass is 295 g/mol. The number of carbonyl (C=O) groups is 1. The van der Waals surface area contributed by atoms with Crippen molar-refractivity contribution in [3.8, 4) is 5.75 Å². The lowest BCUT2D eigenvalue weighted by Crippen LogP contribution is -2.73. The Morgan fingerprint density at radius 2 is 1.95 bits per heavy atom. The summed E-state index contributed by atoms with van der Waals surface area (Å²) in [5, 5.41) is 3.21. The molecular formula is C14H15F2N3O2. The average Bonchev–Trinajstić information content (AvgIpc) is 2.36. The molecule has 0 radical (unpaired) electrons. The van der Waals surface area contributed by atoms with E-state index in [2.05, 4.69) is 5.32 Å². The predicted molar refractivity (Wildman–Crippen MR) is 71.5 cm³/mol. The molecule has 3 aliphatic rings. The number of ether oxygens (including phenoxy) is 1. The van der Waals surface area contributed by atoms with E-state index < -0.39 is 11.6 Å². The molecule has 3 aliphatic heterocycles. The van der Waals surface area contributed by atoms with E-state index in [1.165, 1.54) is 4.90 Å². The van der Waals surface area contributed by atoms with Gasteiger partial charge < -0.3 is 15.0 Å². The standard InChI is InChI=1S/C14H15F2N3O2/c15-9-3-11-12(4-10(9)16)21-2-1-19(11)13(20)18-7-14(8-18)5-17-6-14/h3-4,17H,1-2,5-8H2. The van der Waals surface area contributed by atoms with Crippen LogP contribution in [0.5, 0.6) is 5.75 Å². The number of fused-ring (bicyclic) bond motifs is 1. The van der Waals surface area contributed by atoms with Crippen LogP contribution < -0.4 is 15.0 Å². The van der Waals surface area contributed by atoms with Gasteiger partial charge in [-0.1, -0.05) is 0 Å². The van der Waals surface area contributed by atoms with Crippen LogP contribution in [-0.4, -0.2) is 50.3 Å². The van der Waals surface area contributed by atoms with Gasteiger partial charge in [0.1, 0.15) is 12.4 Å². The quantitative estimate of drug-likeness (QED) is 0.782. The van der Waals surface area contributed by atoms with E-state index in [1.54, 1.807) is 4.90 Å². The number of likely N-dealkylation sites (tertiary alicyclic amines) is 1. The molecule has 21 heavy (non-hydrogen) atoms. The number of hydrogen-bond donors (Lipinski definition) is 1. The van der Waals surface area contributed by atoms with E-state index in [0.717, 1.165) is 38.3 Å². The van der Waals surface area contributed by atoms with Crippen molar-refractivity contribution in [1.82, 2.24) is 10.2 Å². The van der Waals surface area contributed by atoms with Crippen LogP contribution in [0.3, 0.4) is 0 Å². The number of nitrogens with one attached hydrogen (secondary N) is 1. The van der Waals surface area contributed by atoms with Crippen LogP contribution in [0.2, 0.25) is 0 Å². The third-order valence-corrected chi connectivity index (χ3v) is 4.42. The van der Waals surface area contributed by atoms with Gasteiger partial charge in [-0.25, -0.2) is 13.6 Å². The number of anilines is 1. The first-order chi connectivity index (χ1) is 10.1. The Morgan fingerprint density at radius 3 is 2.62 bits per heavy atom. The molecule has 5 nitrogen and oxygen atoms in total. The average molecular weight is 295 g/mol. The summed E-state index contributed by atoms with van der Waals surface area (Å²) in [6.45, 7) is 3.94. The summed E-state index contributed by atoms with van der Waals surface area (Å²) in [4.78, 5) is 15.7. The van der Waals surface area contributed by atoms with Crippen LogP contribution in [0.1, 0.15) is 0 Å². The first-order valence-electron chi connectivity index (χ1n) is 6.97. The minimum Gasteiger partial charge on any atom is -0.489 e. The van der Waals surface area contributed by atoms with Gasteiger partial charge in [-0.15, -0.1) is 0 Å². The Balaban J connectivity index is 1.57. The van der Waals surface area contributed by atoms with E-state index in [4.69, 9.17) is 4.74 Å². The van der Waals surface area contributed by atoms with E-state index in [1.807, 2.05) is 0 Å². The largest absolute Gasteiger partial charge is 0.489 e. The number of carbonyl (C=O) groups excluding carboxylic acids is 1. The lowest BCUT2D eigenvalue weighted by molar-refractivity contribution is -0.00935. The summed E-state index contributed by atoms with van der Waals surface area (Å²) in [5.74, 6) is -1.72. The summed E-state index contributed by atoms with van der Waals surface area (Å²) < 4.78 is 32.0. The van der Waals surface area contributed by atoms with Gasteiger partial charge in [0.15, 0.2) is 11.6 Å². The van der Waals surface area contributed by atoms with E-state index in [-0.39, 0.29) is 23.8 Å². The van der Waals surface area contributed by atoms with Gasteiger partial charge in [0, 0.05) is 43.7 Å². The highest BCUT2D eigenvalue weighted by atomic mass is 19.2. The van der Waals surface area contributed by atoms with Crippen molar-refractivity contribution in [2.24, 2.45) is 5.41 Å². The molecule has 2 amide bonds. The molecule has 3 heterocycles. The Hall–Kier alpha value is -1.89. The van der Waals surface area contributed by atoms with Gasteiger partial charge in [-0.05, 0) is 0 Å². The predicted octanol–water partition coefficient (Wildman–Crippen LogP) is 1.19. The molecule has 1 spiro atoms. The van der Waals surface area contributed by atoms with Crippen molar-refractivity contribution in [3.63, 3.8) is 0 Å². The minimum absolute atomic E-state index is 0.164. The molecule has 2 fully saturated rings. The van der Waals surface area contributed by atoms with Crippen molar-refractivity contribution in [3.05, 3.63) is 23.8 Å². The van der Waals surface area contributed by atoms with Gasteiger partial charge >= 0.3 is 6.03 Å². The highest BCUT2D eigenvalue weighted by Gasteiger charge is 2.50. The van der Waals surface area contributed by atoms with E-state index in [0.29, 0.717) is 12.2 Å². The molecule has 112 valence electrons. The minimum atomic E-state index is -0.972. The Labute approximate surface area is 120 Å². The van der Waals surface area contributed by atoms with Gasteiger partial charge in [-0.2, -0.15) is 0 Å². The Morgan fingerprint density at radius 1 is 1.24 bits per heavy atom. The van der Waals surface area contributed by atoms with Crippen LogP contribution in [0.15, 0.2) is 12.1 Å². The summed E-state index contributed by atoms with van der Waals surface area (Å²) >= 11 is 0. The van der Waals surface area contributed by atoms with Gasteiger partial charge in [0.05, 0.1) is 12.2 Å². The molecule has 1 aromatic rings. The first-order valence-corrected chi connectivity index (χ1v) is 6.97. The van der Waals surface area contributed by atoms with Crippen molar-refractivity contribution in [2.75, 3.05) is 44.2 Å². The molecule has 2 saturated heterocycles. The molecule has 0 bridgehead atoms. The maximum Gasteiger partial charge on any atom is 0.324 e. The van der Waals surface area contributed by atoms with Crippen molar-refractivity contribution < 1.29 is 18.3 Å². The highest BCUT2D eigenvalue weighted by molar-refractivity contribution is 5.94. The molecule has 0 atom stereocenters. The van der Waals surface area contributed by atoms with Crippen LogP contribution in [-0.2, 0) is 0 Å². The molecule has 0 aliphatic carbocycles. The number of hydrogen-bond acceptors (Lipinski definition) is 3. The number of amides is 2. The second kappa shape index (κ2) is 4.30. The second-order valence-corrected chi connectivity index (χ2v) is 5.98. The molecule has 0 aromatic heterocycles. The van der Waals surface area contributed by atoms with E-state index in [9.17, 15) is 13.6 Å². The summed E-state index contributed by atoms with van der Waals surface area (Å²) in [5.41, 5.74) is 0.538. The normalized spacial score (nSPS) is 22.2. The number of benzene rings is 1. The van der Waals surface area contributed by atoms with Gasteiger partial charge in [-0.3, -0.25) is 4.90 Å².